The molecule has 0 spiro atoms. The Balaban J connectivity index is 2.62. The van der Waals surface area contributed by atoms with E-state index >= 15 is 0 Å². The number of hydrazine groups is 1. The predicted molar refractivity (Wildman–Crippen MR) is 66.8 cm³/mol. The minimum Gasteiger partial charge on any atom is -0.308 e. The molecule has 0 saturated heterocycles. The first-order valence-corrected chi connectivity index (χ1v) is 7.01. The molecule has 1 heterocycles. The second-order valence-corrected chi connectivity index (χ2v) is 5.40. The average molecular weight is 258 g/mol. The van der Waals surface area contributed by atoms with Crippen LogP contribution in [-0.2, 0) is 10.0 Å². The molecule has 0 bridgehead atoms. The zero-order chi connectivity index (χ0) is 12.7. The predicted octanol–water partition coefficient (Wildman–Crippen LogP) is 0.836. The Kier molecular flexibility index (Phi) is 5.33. The van der Waals surface area contributed by atoms with Crippen molar-refractivity contribution in [1.82, 2.24) is 9.71 Å². The average Bonchev–Trinajstić information content (AvgIpc) is 2.35. The molecule has 7 heteroatoms. The second kappa shape index (κ2) is 6.53. The lowest BCUT2D eigenvalue weighted by molar-refractivity contribution is 0.575. The maximum Gasteiger partial charge on any atom is 0.242 e. The number of rotatable bonds is 7. The van der Waals surface area contributed by atoms with Crippen LogP contribution in [0.3, 0.4) is 0 Å². The Bertz CT molecular complexity index is 430. The van der Waals surface area contributed by atoms with Gasteiger partial charge in [-0.25, -0.2) is 24.0 Å². The standard InChI is InChI=1S/C10H18N4O2S/c1-2-3-4-7-13-17(15,16)9-5-6-10(14-11)12-8-9/h5-6,8,13H,2-4,7,11H2,1H3,(H,12,14). The molecular formula is C10H18N4O2S. The lowest BCUT2D eigenvalue weighted by atomic mass is 10.3. The number of nitrogens with one attached hydrogen (secondary N) is 2. The summed E-state index contributed by atoms with van der Waals surface area (Å²) in [4.78, 5) is 4.00. The van der Waals surface area contributed by atoms with Crippen molar-refractivity contribution in [2.75, 3.05) is 12.0 Å². The highest BCUT2D eigenvalue weighted by Crippen LogP contribution is 2.09. The first kappa shape index (κ1) is 13.9. The smallest absolute Gasteiger partial charge is 0.242 e. The maximum atomic E-state index is 11.8. The van der Waals surface area contributed by atoms with E-state index in [0.29, 0.717) is 12.4 Å². The van der Waals surface area contributed by atoms with Gasteiger partial charge in [0.2, 0.25) is 10.0 Å². The molecule has 1 rings (SSSR count). The number of hydrogen-bond acceptors (Lipinski definition) is 5. The third-order valence-corrected chi connectivity index (χ3v) is 3.71. The van der Waals surface area contributed by atoms with Gasteiger partial charge in [-0.15, -0.1) is 0 Å². The van der Waals surface area contributed by atoms with Crippen LogP contribution in [0.15, 0.2) is 23.2 Å². The second-order valence-electron chi connectivity index (χ2n) is 3.63. The minimum atomic E-state index is -3.45. The molecule has 0 aliphatic heterocycles. The van der Waals surface area contributed by atoms with Crippen LogP contribution >= 0.6 is 0 Å². The lowest BCUT2D eigenvalue weighted by Crippen LogP contribution is -2.25. The molecule has 1 aromatic rings. The van der Waals surface area contributed by atoms with Crippen LogP contribution in [0.4, 0.5) is 5.82 Å². The van der Waals surface area contributed by atoms with Gasteiger partial charge in [-0.3, -0.25) is 0 Å². The number of unbranched alkanes of at least 4 members (excludes halogenated alkanes) is 2. The van der Waals surface area contributed by atoms with Crippen LogP contribution in [-0.4, -0.2) is 19.9 Å². The summed E-state index contributed by atoms with van der Waals surface area (Å²) in [7, 11) is -3.45. The zero-order valence-electron chi connectivity index (χ0n) is 9.81. The van der Waals surface area contributed by atoms with Gasteiger partial charge < -0.3 is 5.43 Å². The van der Waals surface area contributed by atoms with Gasteiger partial charge in [0, 0.05) is 12.7 Å². The van der Waals surface area contributed by atoms with E-state index in [1.165, 1.54) is 18.3 Å². The fourth-order valence-electron chi connectivity index (χ4n) is 1.29. The van der Waals surface area contributed by atoms with Gasteiger partial charge in [-0.1, -0.05) is 19.8 Å². The van der Waals surface area contributed by atoms with E-state index in [1.807, 2.05) is 0 Å². The zero-order valence-corrected chi connectivity index (χ0v) is 10.6. The maximum absolute atomic E-state index is 11.8. The van der Waals surface area contributed by atoms with E-state index in [-0.39, 0.29) is 4.90 Å². The van der Waals surface area contributed by atoms with Crippen molar-refractivity contribution in [3.63, 3.8) is 0 Å². The molecule has 17 heavy (non-hydrogen) atoms. The van der Waals surface area contributed by atoms with E-state index in [1.54, 1.807) is 0 Å². The minimum absolute atomic E-state index is 0.146. The van der Waals surface area contributed by atoms with Crippen molar-refractivity contribution in [3.05, 3.63) is 18.3 Å². The van der Waals surface area contributed by atoms with Crippen LogP contribution in [0.2, 0.25) is 0 Å². The van der Waals surface area contributed by atoms with Crippen molar-refractivity contribution >= 4 is 15.8 Å². The summed E-state index contributed by atoms with van der Waals surface area (Å²) in [5.41, 5.74) is 2.34. The molecule has 6 nitrogen and oxygen atoms in total. The highest BCUT2D eigenvalue weighted by Gasteiger charge is 2.13. The van der Waals surface area contributed by atoms with Gasteiger partial charge in [-0.05, 0) is 18.6 Å². The summed E-state index contributed by atoms with van der Waals surface area (Å²) in [5.74, 6) is 5.57. The van der Waals surface area contributed by atoms with Gasteiger partial charge >= 0.3 is 0 Å². The Morgan fingerprint density at radius 2 is 2.12 bits per heavy atom. The Morgan fingerprint density at radius 1 is 1.35 bits per heavy atom. The molecule has 0 aliphatic rings. The fraction of sp³-hybridized carbons (Fsp3) is 0.500. The highest BCUT2D eigenvalue weighted by molar-refractivity contribution is 7.89. The molecule has 0 atom stereocenters. The first-order valence-electron chi connectivity index (χ1n) is 5.52. The summed E-state index contributed by atoms with van der Waals surface area (Å²) in [6.45, 7) is 2.52. The Hall–Kier alpha value is -1.18. The molecule has 1 aromatic heterocycles. The number of nitrogen functional groups attached to an aromatic ring is 1. The molecule has 0 radical (unpaired) electrons. The number of pyridine rings is 1. The summed E-state index contributed by atoms with van der Waals surface area (Å²) >= 11 is 0. The summed E-state index contributed by atoms with van der Waals surface area (Å²) in [6, 6.07) is 2.98. The first-order chi connectivity index (χ1) is 8.10. The van der Waals surface area contributed by atoms with E-state index in [0.717, 1.165) is 19.3 Å². The number of aromatic nitrogens is 1. The molecule has 4 N–H and O–H groups in total. The fourth-order valence-corrected chi connectivity index (χ4v) is 2.31. The van der Waals surface area contributed by atoms with E-state index in [2.05, 4.69) is 22.1 Å². The molecule has 0 aliphatic carbocycles. The SMILES string of the molecule is CCCCCNS(=O)(=O)c1ccc(NN)nc1. The lowest BCUT2D eigenvalue weighted by Gasteiger charge is -2.06. The highest BCUT2D eigenvalue weighted by atomic mass is 32.2. The molecular weight excluding hydrogens is 240 g/mol. The van der Waals surface area contributed by atoms with Crippen molar-refractivity contribution < 1.29 is 8.42 Å². The van der Waals surface area contributed by atoms with Crippen molar-refractivity contribution in [3.8, 4) is 0 Å². The van der Waals surface area contributed by atoms with Crippen molar-refractivity contribution in [2.24, 2.45) is 5.84 Å². The quantitative estimate of drug-likeness (QED) is 0.382. The topological polar surface area (TPSA) is 97.1 Å². The third kappa shape index (κ3) is 4.29. The van der Waals surface area contributed by atoms with Gasteiger partial charge in [0.15, 0.2) is 0 Å². The summed E-state index contributed by atoms with van der Waals surface area (Å²) in [5, 5.41) is 0. The van der Waals surface area contributed by atoms with Gasteiger partial charge in [0.25, 0.3) is 0 Å². The number of anilines is 1. The van der Waals surface area contributed by atoms with Crippen LogP contribution in [0.25, 0.3) is 0 Å². The van der Waals surface area contributed by atoms with Crippen LogP contribution in [0, 0.1) is 0 Å². The monoisotopic (exact) mass is 258 g/mol. The van der Waals surface area contributed by atoms with Gasteiger partial charge in [-0.2, -0.15) is 0 Å². The number of hydrogen-bond donors (Lipinski definition) is 3. The molecule has 0 fully saturated rings. The van der Waals surface area contributed by atoms with Crippen LogP contribution in [0.1, 0.15) is 26.2 Å². The molecule has 0 unspecified atom stereocenters. The van der Waals surface area contributed by atoms with Crippen molar-refractivity contribution in [1.29, 1.82) is 0 Å². The number of sulfonamides is 1. The van der Waals surface area contributed by atoms with Gasteiger partial charge in [0.05, 0.1) is 0 Å². The molecule has 0 aromatic carbocycles. The Morgan fingerprint density at radius 3 is 2.65 bits per heavy atom. The molecule has 0 saturated carbocycles. The number of nitrogens with two attached hydrogens (primary N) is 1. The summed E-state index contributed by atoms with van der Waals surface area (Å²) < 4.78 is 26.1. The van der Waals surface area contributed by atoms with E-state index in [9.17, 15) is 8.42 Å². The molecule has 96 valence electrons. The van der Waals surface area contributed by atoms with Crippen LogP contribution < -0.4 is 16.0 Å². The van der Waals surface area contributed by atoms with Crippen molar-refractivity contribution in [2.45, 2.75) is 31.1 Å². The summed E-state index contributed by atoms with van der Waals surface area (Å²) in [6.07, 6.45) is 4.18. The van der Waals surface area contributed by atoms with Gasteiger partial charge in [0.1, 0.15) is 10.7 Å². The number of nitrogens with zero attached hydrogens (tertiary/aromatic N) is 1. The molecule has 0 amide bonds. The van der Waals surface area contributed by atoms with Crippen LogP contribution in [0.5, 0.6) is 0 Å². The normalized spacial score (nSPS) is 11.4. The van der Waals surface area contributed by atoms with E-state index < -0.39 is 10.0 Å². The Labute approximate surface area is 102 Å². The third-order valence-electron chi connectivity index (χ3n) is 2.27. The van der Waals surface area contributed by atoms with E-state index in [4.69, 9.17) is 5.84 Å². The largest absolute Gasteiger partial charge is 0.308 e.